The predicted molar refractivity (Wildman–Crippen MR) is 75.6 cm³/mol. The van der Waals surface area contributed by atoms with E-state index in [0.29, 0.717) is 6.04 Å². The Kier molecular flexibility index (Phi) is 2.78. The van der Waals surface area contributed by atoms with E-state index < -0.39 is 0 Å². The summed E-state index contributed by atoms with van der Waals surface area (Å²) in [5, 5.41) is 3.57. The molecule has 0 aliphatic heterocycles. The van der Waals surface area contributed by atoms with E-state index in [1.54, 1.807) is 0 Å². The first-order valence-corrected chi connectivity index (χ1v) is 6.25. The Morgan fingerprint density at radius 2 is 1.72 bits per heavy atom. The van der Waals surface area contributed by atoms with Crippen molar-refractivity contribution in [3.63, 3.8) is 0 Å². The van der Waals surface area contributed by atoms with Crippen LogP contribution in [0.15, 0.2) is 48.5 Å². The van der Waals surface area contributed by atoms with Gasteiger partial charge in [-0.1, -0.05) is 36.3 Å². The van der Waals surface area contributed by atoms with Gasteiger partial charge in [0.05, 0.1) is 0 Å². The SMILES string of the molecule is C#Cc1cccc(NC2Cc3ccccc3C2)c1. The second-order valence-corrected chi connectivity index (χ2v) is 4.74. The summed E-state index contributed by atoms with van der Waals surface area (Å²) in [4.78, 5) is 0. The maximum absolute atomic E-state index is 5.42. The highest BCUT2D eigenvalue weighted by Gasteiger charge is 2.20. The van der Waals surface area contributed by atoms with Crippen LogP contribution in [0.1, 0.15) is 16.7 Å². The number of hydrogen-bond donors (Lipinski definition) is 1. The highest BCUT2D eigenvalue weighted by molar-refractivity contribution is 5.51. The van der Waals surface area contributed by atoms with Crippen molar-refractivity contribution in [2.45, 2.75) is 18.9 Å². The van der Waals surface area contributed by atoms with Gasteiger partial charge in [0, 0.05) is 17.3 Å². The molecule has 1 nitrogen and oxygen atoms in total. The lowest BCUT2D eigenvalue weighted by atomic mass is 10.1. The van der Waals surface area contributed by atoms with Crippen LogP contribution in [0.3, 0.4) is 0 Å². The third-order valence-corrected chi connectivity index (χ3v) is 3.45. The van der Waals surface area contributed by atoms with Crippen LogP contribution in [-0.2, 0) is 12.8 Å². The number of terminal acetylenes is 1. The highest BCUT2D eigenvalue weighted by Crippen LogP contribution is 2.24. The van der Waals surface area contributed by atoms with Crippen LogP contribution in [0, 0.1) is 12.3 Å². The van der Waals surface area contributed by atoms with E-state index in [-0.39, 0.29) is 0 Å². The van der Waals surface area contributed by atoms with Crippen molar-refractivity contribution >= 4 is 5.69 Å². The van der Waals surface area contributed by atoms with Crippen LogP contribution < -0.4 is 5.32 Å². The van der Waals surface area contributed by atoms with Gasteiger partial charge in [0.25, 0.3) is 0 Å². The second kappa shape index (κ2) is 4.58. The van der Waals surface area contributed by atoms with Gasteiger partial charge in [0.2, 0.25) is 0 Å². The predicted octanol–water partition coefficient (Wildman–Crippen LogP) is 3.25. The van der Waals surface area contributed by atoms with Crippen LogP contribution in [0.4, 0.5) is 5.69 Å². The first-order valence-electron chi connectivity index (χ1n) is 6.25. The molecule has 18 heavy (non-hydrogen) atoms. The van der Waals surface area contributed by atoms with E-state index in [4.69, 9.17) is 6.42 Å². The summed E-state index contributed by atoms with van der Waals surface area (Å²) in [5.74, 6) is 2.67. The lowest BCUT2D eigenvalue weighted by molar-refractivity contribution is 0.774. The Morgan fingerprint density at radius 1 is 1.00 bits per heavy atom. The molecule has 2 aromatic rings. The quantitative estimate of drug-likeness (QED) is 0.785. The van der Waals surface area contributed by atoms with Gasteiger partial charge in [-0.2, -0.15) is 0 Å². The zero-order chi connectivity index (χ0) is 12.4. The number of anilines is 1. The summed E-state index contributed by atoms with van der Waals surface area (Å²) >= 11 is 0. The number of hydrogen-bond acceptors (Lipinski definition) is 1. The Bertz CT molecular complexity index is 582. The van der Waals surface area contributed by atoms with Crippen molar-refractivity contribution in [2.24, 2.45) is 0 Å². The molecule has 0 heterocycles. The molecule has 0 radical (unpaired) electrons. The fourth-order valence-electron chi connectivity index (χ4n) is 2.60. The summed E-state index contributed by atoms with van der Waals surface area (Å²) in [6.07, 6.45) is 7.61. The van der Waals surface area contributed by atoms with E-state index >= 15 is 0 Å². The van der Waals surface area contributed by atoms with Crippen LogP contribution in [0.5, 0.6) is 0 Å². The minimum Gasteiger partial charge on any atom is -0.382 e. The molecule has 0 spiro atoms. The first kappa shape index (κ1) is 10.9. The molecule has 0 atom stereocenters. The average Bonchev–Trinajstić information content (AvgIpc) is 2.81. The van der Waals surface area contributed by atoms with Gasteiger partial charge in [-0.15, -0.1) is 6.42 Å². The molecule has 3 rings (SSSR count). The molecule has 0 unspecified atom stereocenters. The lowest BCUT2D eigenvalue weighted by Gasteiger charge is -2.13. The van der Waals surface area contributed by atoms with E-state index in [0.717, 1.165) is 24.1 Å². The van der Waals surface area contributed by atoms with E-state index in [2.05, 4.69) is 41.6 Å². The normalized spacial score (nSPS) is 13.9. The molecule has 0 saturated heterocycles. The third-order valence-electron chi connectivity index (χ3n) is 3.45. The molecular formula is C17H15N. The molecule has 1 heteroatoms. The summed E-state index contributed by atoms with van der Waals surface area (Å²) in [6, 6.07) is 17.2. The number of rotatable bonds is 2. The largest absolute Gasteiger partial charge is 0.382 e. The summed E-state index contributed by atoms with van der Waals surface area (Å²) in [7, 11) is 0. The second-order valence-electron chi connectivity index (χ2n) is 4.74. The molecule has 0 bridgehead atoms. The number of nitrogens with one attached hydrogen (secondary N) is 1. The lowest BCUT2D eigenvalue weighted by Crippen LogP contribution is -2.19. The van der Waals surface area contributed by atoms with Crippen LogP contribution >= 0.6 is 0 Å². The van der Waals surface area contributed by atoms with Crippen LogP contribution in [-0.4, -0.2) is 6.04 Å². The molecule has 1 aliphatic carbocycles. The maximum Gasteiger partial charge on any atom is 0.0355 e. The zero-order valence-electron chi connectivity index (χ0n) is 10.2. The fourth-order valence-corrected chi connectivity index (χ4v) is 2.60. The van der Waals surface area contributed by atoms with Gasteiger partial charge >= 0.3 is 0 Å². The monoisotopic (exact) mass is 233 g/mol. The molecule has 2 aromatic carbocycles. The molecule has 0 saturated carbocycles. The molecular weight excluding hydrogens is 218 g/mol. The van der Waals surface area contributed by atoms with Crippen molar-refractivity contribution in [3.05, 3.63) is 65.2 Å². The summed E-state index contributed by atoms with van der Waals surface area (Å²) in [6.45, 7) is 0. The number of fused-ring (bicyclic) bond motifs is 1. The smallest absolute Gasteiger partial charge is 0.0355 e. The summed E-state index contributed by atoms with van der Waals surface area (Å²) < 4.78 is 0. The van der Waals surface area contributed by atoms with Gasteiger partial charge in [-0.05, 0) is 42.2 Å². The zero-order valence-corrected chi connectivity index (χ0v) is 10.2. The van der Waals surface area contributed by atoms with Gasteiger partial charge in [0.15, 0.2) is 0 Å². The minimum atomic E-state index is 0.482. The van der Waals surface area contributed by atoms with Crippen molar-refractivity contribution in [1.29, 1.82) is 0 Å². The van der Waals surface area contributed by atoms with E-state index in [1.165, 1.54) is 11.1 Å². The first-order chi connectivity index (χ1) is 8.85. The molecule has 88 valence electrons. The van der Waals surface area contributed by atoms with Gasteiger partial charge in [-0.25, -0.2) is 0 Å². The number of benzene rings is 2. The van der Waals surface area contributed by atoms with Crippen molar-refractivity contribution in [3.8, 4) is 12.3 Å². The Morgan fingerprint density at radius 3 is 2.39 bits per heavy atom. The highest BCUT2D eigenvalue weighted by atomic mass is 14.9. The molecule has 1 N–H and O–H groups in total. The fraction of sp³-hybridized carbons (Fsp3) is 0.176. The maximum atomic E-state index is 5.42. The molecule has 0 amide bonds. The molecule has 0 aromatic heterocycles. The van der Waals surface area contributed by atoms with E-state index in [9.17, 15) is 0 Å². The van der Waals surface area contributed by atoms with Crippen LogP contribution in [0.25, 0.3) is 0 Å². The van der Waals surface area contributed by atoms with E-state index in [1.807, 2.05) is 18.2 Å². The minimum absolute atomic E-state index is 0.482. The Balaban J connectivity index is 1.74. The van der Waals surface area contributed by atoms with Crippen molar-refractivity contribution < 1.29 is 0 Å². The van der Waals surface area contributed by atoms with Gasteiger partial charge in [0.1, 0.15) is 0 Å². The topological polar surface area (TPSA) is 12.0 Å². The third kappa shape index (κ3) is 2.10. The van der Waals surface area contributed by atoms with Gasteiger partial charge < -0.3 is 5.32 Å². The Labute approximate surface area is 108 Å². The summed E-state index contributed by atoms with van der Waals surface area (Å²) in [5.41, 5.74) is 4.96. The molecule has 0 fully saturated rings. The molecule has 1 aliphatic rings. The van der Waals surface area contributed by atoms with Crippen molar-refractivity contribution in [1.82, 2.24) is 0 Å². The Hall–Kier alpha value is -2.20. The van der Waals surface area contributed by atoms with Gasteiger partial charge in [-0.3, -0.25) is 0 Å². The van der Waals surface area contributed by atoms with Crippen molar-refractivity contribution in [2.75, 3.05) is 5.32 Å². The average molecular weight is 233 g/mol. The standard InChI is InChI=1S/C17H15N/c1-2-13-6-5-9-16(10-13)18-17-11-14-7-3-4-8-15(14)12-17/h1,3-10,17-18H,11-12H2. The van der Waals surface area contributed by atoms with Crippen LogP contribution in [0.2, 0.25) is 0 Å².